The van der Waals surface area contributed by atoms with E-state index >= 15 is 0 Å². The fourth-order valence-corrected chi connectivity index (χ4v) is 3.43. The van der Waals surface area contributed by atoms with Crippen LogP contribution >= 0.6 is 0 Å². The monoisotopic (exact) mass is 424 g/mol. The molecule has 10 heteroatoms. The van der Waals surface area contributed by atoms with E-state index in [4.69, 9.17) is 10.2 Å². The molecule has 156 valence electrons. The molecule has 0 bridgehead atoms. The highest BCUT2D eigenvalue weighted by atomic mass is 16.3. The van der Waals surface area contributed by atoms with Crippen molar-refractivity contribution in [3.8, 4) is 28.8 Å². The number of pyridine rings is 1. The summed E-state index contributed by atoms with van der Waals surface area (Å²) in [4.78, 5) is 17.3. The lowest BCUT2D eigenvalue weighted by molar-refractivity contribution is 0.205. The molecule has 1 unspecified atom stereocenters. The number of nitrogens with zero attached hydrogens (tertiary/aromatic N) is 7. The van der Waals surface area contributed by atoms with Gasteiger partial charge < -0.3 is 15.3 Å². The Hall–Kier alpha value is -4.62. The van der Waals surface area contributed by atoms with Crippen molar-refractivity contribution in [1.82, 2.24) is 29.5 Å². The van der Waals surface area contributed by atoms with Gasteiger partial charge in [0.2, 0.25) is 0 Å². The van der Waals surface area contributed by atoms with Crippen molar-refractivity contribution in [2.24, 2.45) is 0 Å². The molecule has 0 amide bonds. The van der Waals surface area contributed by atoms with Crippen LogP contribution in [0.2, 0.25) is 0 Å². The van der Waals surface area contributed by atoms with Gasteiger partial charge in [-0.3, -0.25) is 4.98 Å². The van der Waals surface area contributed by atoms with Crippen molar-refractivity contribution in [2.45, 2.75) is 13.0 Å². The van der Waals surface area contributed by atoms with Crippen LogP contribution in [0.5, 0.6) is 0 Å². The summed E-state index contributed by atoms with van der Waals surface area (Å²) < 4.78 is 7.13. The number of rotatable bonds is 4. The first-order chi connectivity index (χ1) is 15.6. The Morgan fingerprint density at radius 1 is 1.16 bits per heavy atom. The number of oxazole rings is 1. The van der Waals surface area contributed by atoms with E-state index in [2.05, 4.69) is 31.1 Å². The Labute approximate surface area is 181 Å². The SMILES string of the molecule is Cc1ncoc1-c1c(-c2cccc(C#N)c2)nc(N)c2nc(C(O)c3ccccn3)nn12. The van der Waals surface area contributed by atoms with Crippen molar-refractivity contribution < 1.29 is 9.52 Å². The van der Waals surface area contributed by atoms with Crippen LogP contribution in [0.1, 0.15) is 28.9 Å². The van der Waals surface area contributed by atoms with Crippen LogP contribution in [-0.2, 0) is 0 Å². The lowest BCUT2D eigenvalue weighted by Gasteiger charge is -2.11. The maximum absolute atomic E-state index is 10.8. The molecular weight excluding hydrogens is 408 g/mol. The largest absolute Gasteiger partial charge is 0.441 e. The van der Waals surface area contributed by atoms with E-state index in [0.717, 1.165) is 0 Å². The number of aliphatic hydroxyl groups excluding tert-OH is 1. The van der Waals surface area contributed by atoms with E-state index in [0.29, 0.717) is 39.7 Å². The van der Waals surface area contributed by atoms with Crippen molar-refractivity contribution in [2.75, 3.05) is 5.73 Å². The summed E-state index contributed by atoms with van der Waals surface area (Å²) in [6.45, 7) is 1.79. The van der Waals surface area contributed by atoms with Crippen LogP contribution < -0.4 is 5.73 Å². The third kappa shape index (κ3) is 3.13. The minimum atomic E-state index is -1.16. The zero-order valence-electron chi connectivity index (χ0n) is 16.8. The lowest BCUT2D eigenvalue weighted by atomic mass is 10.0. The minimum absolute atomic E-state index is 0.107. The van der Waals surface area contributed by atoms with E-state index in [1.54, 1.807) is 49.5 Å². The Bertz CT molecular complexity index is 1480. The van der Waals surface area contributed by atoms with Crippen LogP contribution in [0.3, 0.4) is 0 Å². The maximum atomic E-state index is 10.8. The normalized spacial score (nSPS) is 12.0. The van der Waals surface area contributed by atoms with Crippen molar-refractivity contribution >= 4 is 11.5 Å². The number of nitrogen functional groups attached to an aromatic ring is 1. The second-order valence-corrected chi connectivity index (χ2v) is 7.02. The second kappa shape index (κ2) is 7.57. The van der Waals surface area contributed by atoms with Crippen LogP contribution in [0.15, 0.2) is 59.5 Å². The topological polar surface area (TPSA) is 152 Å². The molecule has 0 radical (unpaired) electrons. The molecule has 0 saturated carbocycles. The summed E-state index contributed by atoms with van der Waals surface area (Å²) in [5, 5.41) is 24.6. The number of nitrogens with two attached hydrogens (primary N) is 1. The molecule has 0 saturated heterocycles. The molecule has 1 atom stereocenters. The van der Waals surface area contributed by atoms with Crippen molar-refractivity contribution in [1.29, 1.82) is 5.26 Å². The van der Waals surface area contributed by atoms with Crippen molar-refractivity contribution in [3.05, 3.63) is 77.8 Å². The van der Waals surface area contributed by atoms with Crippen LogP contribution in [0, 0.1) is 18.3 Å². The fourth-order valence-electron chi connectivity index (χ4n) is 3.43. The van der Waals surface area contributed by atoms with Gasteiger partial charge in [-0.15, -0.1) is 5.10 Å². The highest BCUT2D eigenvalue weighted by Gasteiger charge is 2.26. The third-order valence-electron chi connectivity index (χ3n) is 4.96. The Morgan fingerprint density at radius 3 is 2.75 bits per heavy atom. The molecule has 0 spiro atoms. The van der Waals surface area contributed by atoms with E-state index in [-0.39, 0.29) is 17.3 Å². The van der Waals surface area contributed by atoms with Gasteiger partial charge in [0.05, 0.1) is 23.0 Å². The van der Waals surface area contributed by atoms with Crippen LogP contribution in [0.25, 0.3) is 28.4 Å². The van der Waals surface area contributed by atoms with Gasteiger partial charge in [-0.1, -0.05) is 18.2 Å². The summed E-state index contributed by atoms with van der Waals surface area (Å²) in [7, 11) is 0. The summed E-state index contributed by atoms with van der Waals surface area (Å²) in [6.07, 6.45) is 1.74. The Kier molecular flexibility index (Phi) is 4.58. The molecule has 1 aromatic carbocycles. The van der Waals surface area contributed by atoms with Gasteiger partial charge in [0.1, 0.15) is 11.4 Å². The molecule has 5 rings (SSSR count). The predicted molar refractivity (Wildman–Crippen MR) is 114 cm³/mol. The highest BCUT2D eigenvalue weighted by Crippen LogP contribution is 2.35. The van der Waals surface area contributed by atoms with E-state index in [1.165, 1.54) is 10.9 Å². The molecule has 10 nitrogen and oxygen atoms in total. The third-order valence-corrected chi connectivity index (χ3v) is 4.96. The molecule has 0 aliphatic rings. The van der Waals surface area contributed by atoms with Gasteiger partial charge >= 0.3 is 0 Å². The average molecular weight is 424 g/mol. The molecule has 0 aliphatic carbocycles. The minimum Gasteiger partial charge on any atom is -0.441 e. The van der Waals surface area contributed by atoms with E-state index < -0.39 is 6.10 Å². The summed E-state index contributed by atoms with van der Waals surface area (Å²) in [6, 6.07) is 14.3. The zero-order chi connectivity index (χ0) is 22.2. The molecule has 0 aliphatic heterocycles. The van der Waals surface area contributed by atoms with Crippen molar-refractivity contribution in [3.63, 3.8) is 0 Å². The van der Waals surface area contributed by atoms with Crippen LogP contribution in [0.4, 0.5) is 5.82 Å². The molecule has 0 fully saturated rings. The van der Waals surface area contributed by atoms with Gasteiger partial charge in [-0.05, 0) is 31.2 Å². The number of aromatic nitrogens is 6. The van der Waals surface area contributed by atoms with Crippen LogP contribution in [-0.4, -0.2) is 34.7 Å². The van der Waals surface area contributed by atoms with Gasteiger partial charge in [-0.25, -0.2) is 19.5 Å². The quantitative estimate of drug-likeness (QED) is 0.443. The number of aliphatic hydroxyl groups is 1. The number of hydrogen-bond donors (Lipinski definition) is 2. The zero-order valence-corrected chi connectivity index (χ0v) is 16.8. The molecule has 4 heterocycles. The number of nitriles is 1. The van der Waals surface area contributed by atoms with Gasteiger partial charge in [0, 0.05) is 11.8 Å². The fraction of sp³-hybridized carbons (Fsp3) is 0.0909. The first-order valence-corrected chi connectivity index (χ1v) is 9.63. The first-order valence-electron chi connectivity index (χ1n) is 9.63. The number of anilines is 1. The molecule has 4 aromatic heterocycles. The molecular formula is C22H16N8O2. The Morgan fingerprint density at radius 2 is 2.03 bits per heavy atom. The van der Waals surface area contributed by atoms with Gasteiger partial charge in [0.25, 0.3) is 0 Å². The number of fused-ring (bicyclic) bond motifs is 1. The average Bonchev–Trinajstić information content (AvgIpc) is 3.46. The van der Waals surface area contributed by atoms with E-state index in [9.17, 15) is 10.4 Å². The lowest BCUT2D eigenvalue weighted by Crippen LogP contribution is -2.06. The van der Waals surface area contributed by atoms with Gasteiger partial charge in [0.15, 0.2) is 35.5 Å². The number of aryl methyl sites for hydroxylation is 1. The summed E-state index contributed by atoms with van der Waals surface area (Å²) in [5.41, 5.74) is 9.49. The summed E-state index contributed by atoms with van der Waals surface area (Å²) in [5.74, 6) is 0.637. The maximum Gasteiger partial charge on any atom is 0.199 e. The first kappa shape index (κ1) is 19.3. The second-order valence-electron chi connectivity index (χ2n) is 7.02. The van der Waals surface area contributed by atoms with E-state index in [1.807, 2.05) is 6.07 Å². The standard InChI is InChI=1S/C22H16N8O2/c1-12-19(32-11-26-12)17-16(14-6-4-5-13(9-14)10-23)27-20(24)22-28-21(29-30(17)22)18(31)15-7-2-3-8-25-15/h2-9,11,18,31H,1H3,(H2,24,27). The number of hydrogen-bond acceptors (Lipinski definition) is 9. The highest BCUT2D eigenvalue weighted by molar-refractivity contribution is 5.82. The van der Waals surface area contributed by atoms with Gasteiger partial charge in [-0.2, -0.15) is 5.26 Å². The number of benzene rings is 1. The molecule has 32 heavy (non-hydrogen) atoms. The summed E-state index contributed by atoms with van der Waals surface area (Å²) >= 11 is 0. The predicted octanol–water partition coefficient (Wildman–Crippen LogP) is 2.69. The molecule has 5 aromatic rings. The molecule has 3 N–H and O–H groups in total. The smallest absolute Gasteiger partial charge is 0.199 e. The Balaban J connectivity index is 1.80.